The number of hydrazine groups is 1. The van der Waals surface area contributed by atoms with Crippen molar-refractivity contribution in [1.29, 1.82) is 0 Å². The minimum absolute atomic E-state index is 0.0661. The first-order valence-corrected chi connectivity index (χ1v) is 8.37. The molecule has 1 aromatic rings. The number of fused-ring (bicyclic) bond motifs is 2. The molecule has 3 rings (SSSR count). The van der Waals surface area contributed by atoms with E-state index in [1.807, 2.05) is 13.8 Å². The zero-order valence-corrected chi connectivity index (χ0v) is 14.5. The third kappa shape index (κ3) is 2.83. The Morgan fingerprint density at radius 3 is 2.28 bits per heavy atom. The average molecular weight is 346 g/mol. The van der Waals surface area contributed by atoms with Crippen LogP contribution in [0.15, 0.2) is 27.9 Å². The van der Waals surface area contributed by atoms with Gasteiger partial charge in [0.2, 0.25) is 5.91 Å². The number of aryl methyl sites for hydroxylation is 1. The first-order chi connectivity index (χ1) is 11.8. The molecule has 2 bridgehead atoms. The van der Waals surface area contributed by atoms with Gasteiger partial charge in [0.1, 0.15) is 5.76 Å². The first kappa shape index (κ1) is 17.3. The van der Waals surface area contributed by atoms with E-state index in [0.29, 0.717) is 11.3 Å². The molecule has 0 saturated heterocycles. The molecule has 1 heterocycles. The molecule has 2 aliphatic rings. The van der Waals surface area contributed by atoms with Gasteiger partial charge in [-0.05, 0) is 51.5 Å². The second kappa shape index (κ2) is 6.38. The van der Waals surface area contributed by atoms with E-state index in [1.54, 1.807) is 6.92 Å². The van der Waals surface area contributed by atoms with Gasteiger partial charge in [-0.1, -0.05) is 11.1 Å². The van der Waals surface area contributed by atoms with Crippen LogP contribution >= 0.6 is 0 Å². The topological polar surface area (TPSA) is 109 Å². The van der Waals surface area contributed by atoms with Crippen LogP contribution in [0.4, 0.5) is 0 Å². The highest BCUT2D eigenvalue weighted by molar-refractivity contribution is 5.97. The van der Waals surface area contributed by atoms with Gasteiger partial charge in [0.05, 0.1) is 23.7 Å². The molecule has 4 atom stereocenters. The number of hydrogen-bond donors (Lipinski definition) is 3. The van der Waals surface area contributed by atoms with Gasteiger partial charge in [0.25, 0.3) is 5.91 Å². The Hall–Kier alpha value is -2.57. The smallest absolute Gasteiger partial charge is 0.307 e. The van der Waals surface area contributed by atoms with E-state index in [4.69, 9.17) is 4.42 Å². The van der Waals surface area contributed by atoms with Crippen LogP contribution in [0, 0.1) is 30.6 Å². The minimum atomic E-state index is -0.955. The van der Waals surface area contributed by atoms with Crippen LogP contribution in [0.1, 0.15) is 42.8 Å². The van der Waals surface area contributed by atoms with Crippen molar-refractivity contribution in [3.05, 3.63) is 34.8 Å². The molecule has 3 N–H and O–H groups in total. The number of aliphatic carboxylic acids is 1. The van der Waals surface area contributed by atoms with Crippen molar-refractivity contribution < 1.29 is 23.9 Å². The number of allylic oxidation sites excluding steroid dienone is 2. The standard InChI is InChI=1S/C18H22N2O5/c1-8(2)13-11-4-5-12(13)15(18(23)24)14(11)17(22)20-19-16(21)10-6-7-25-9(10)3/h6-7,11-12,14-15H,4-5H2,1-3H3,(H,19,21)(H,20,22)(H,23,24)/t11-,12-,14+,15+/m0/s1. The molecular weight excluding hydrogens is 324 g/mol. The molecule has 134 valence electrons. The number of hydrogen-bond acceptors (Lipinski definition) is 4. The summed E-state index contributed by atoms with van der Waals surface area (Å²) in [6.45, 7) is 5.57. The number of carbonyl (C=O) groups excluding carboxylic acids is 2. The molecule has 2 aliphatic carbocycles. The third-order valence-electron chi connectivity index (χ3n) is 5.41. The Bertz CT molecular complexity index is 759. The summed E-state index contributed by atoms with van der Waals surface area (Å²) in [5.74, 6) is -3.00. The highest BCUT2D eigenvalue weighted by Crippen LogP contribution is 2.57. The van der Waals surface area contributed by atoms with Crippen molar-refractivity contribution in [2.75, 3.05) is 0 Å². The Balaban J connectivity index is 1.75. The van der Waals surface area contributed by atoms with Crippen LogP contribution in [0.2, 0.25) is 0 Å². The Morgan fingerprint density at radius 1 is 1.12 bits per heavy atom. The number of carboxylic acid groups (broad SMARTS) is 1. The summed E-state index contributed by atoms with van der Waals surface area (Å²) < 4.78 is 5.06. The fraction of sp³-hybridized carbons (Fsp3) is 0.500. The fourth-order valence-electron chi connectivity index (χ4n) is 4.49. The molecule has 0 unspecified atom stereocenters. The van der Waals surface area contributed by atoms with Gasteiger partial charge < -0.3 is 9.52 Å². The van der Waals surface area contributed by atoms with Crippen LogP contribution < -0.4 is 10.9 Å². The van der Waals surface area contributed by atoms with Gasteiger partial charge in [-0.25, -0.2) is 0 Å². The maximum absolute atomic E-state index is 12.6. The van der Waals surface area contributed by atoms with Crippen LogP contribution in [0.3, 0.4) is 0 Å². The quantitative estimate of drug-likeness (QED) is 0.573. The van der Waals surface area contributed by atoms with Crippen molar-refractivity contribution in [2.24, 2.45) is 23.7 Å². The summed E-state index contributed by atoms with van der Waals surface area (Å²) in [6, 6.07) is 1.51. The van der Waals surface area contributed by atoms with Crippen LogP contribution in [0.5, 0.6) is 0 Å². The molecule has 25 heavy (non-hydrogen) atoms. The number of furan rings is 1. The third-order valence-corrected chi connectivity index (χ3v) is 5.41. The molecule has 1 aromatic heterocycles. The Kier molecular flexibility index (Phi) is 4.41. The van der Waals surface area contributed by atoms with E-state index in [2.05, 4.69) is 10.9 Å². The van der Waals surface area contributed by atoms with Gasteiger partial charge >= 0.3 is 5.97 Å². The second-order valence-electron chi connectivity index (χ2n) is 6.97. The summed E-state index contributed by atoms with van der Waals surface area (Å²) in [6.07, 6.45) is 3.00. The molecule has 7 heteroatoms. The van der Waals surface area contributed by atoms with Crippen LogP contribution in [-0.2, 0) is 9.59 Å². The first-order valence-electron chi connectivity index (χ1n) is 8.37. The molecule has 2 saturated carbocycles. The Labute approximate surface area is 145 Å². The summed E-state index contributed by atoms with van der Waals surface area (Å²) in [5, 5.41) is 9.62. The van der Waals surface area contributed by atoms with Crippen molar-refractivity contribution in [2.45, 2.75) is 33.6 Å². The molecule has 0 spiro atoms. The predicted octanol–water partition coefficient (Wildman–Crippen LogP) is 2.04. The molecule has 2 fully saturated rings. The summed E-state index contributed by atoms with van der Waals surface area (Å²) >= 11 is 0. The van der Waals surface area contributed by atoms with Crippen molar-refractivity contribution in [3.8, 4) is 0 Å². The normalized spacial score (nSPS) is 27.2. The molecule has 7 nitrogen and oxygen atoms in total. The molecule has 0 aromatic carbocycles. The maximum atomic E-state index is 12.6. The molecule has 2 amide bonds. The second-order valence-corrected chi connectivity index (χ2v) is 6.97. The van der Waals surface area contributed by atoms with E-state index < -0.39 is 29.6 Å². The van der Waals surface area contributed by atoms with Gasteiger partial charge in [-0.15, -0.1) is 0 Å². The number of amides is 2. The zero-order chi connectivity index (χ0) is 18.3. The number of carboxylic acids is 1. The van der Waals surface area contributed by atoms with E-state index in [1.165, 1.54) is 12.3 Å². The highest BCUT2D eigenvalue weighted by atomic mass is 16.4. The van der Waals surface area contributed by atoms with E-state index in [-0.39, 0.29) is 11.8 Å². The SMILES string of the molecule is CC(C)=C1[C@@H]2CC[C@@H]1[C@@H](C(=O)NNC(=O)c1ccoc1C)[C@@H]2C(=O)O. The summed E-state index contributed by atoms with van der Waals surface area (Å²) in [5.41, 5.74) is 7.28. The molecule has 0 radical (unpaired) electrons. The van der Waals surface area contributed by atoms with E-state index in [0.717, 1.165) is 24.0 Å². The van der Waals surface area contributed by atoms with Gasteiger partial charge in [0.15, 0.2) is 0 Å². The van der Waals surface area contributed by atoms with Crippen molar-refractivity contribution in [1.82, 2.24) is 10.9 Å². The predicted molar refractivity (Wildman–Crippen MR) is 88.3 cm³/mol. The largest absolute Gasteiger partial charge is 0.481 e. The minimum Gasteiger partial charge on any atom is -0.481 e. The van der Waals surface area contributed by atoms with E-state index >= 15 is 0 Å². The summed E-state index contributed by atoms with van der Waals surface area (Å²) in [4.78, 5) is 36.5. The van der Waals surface area contributed by atoms with Crippen LogP contribution in [-0.4, -0.2) is 22.9 Å². The highest BCUT2D eigenvalue weighted by Gasteiger charge is 2.57. The van der Waals surface area contributed by atoms with Gasteiger partial charge in [-0.2, -0.15) is 0 Å². The average Bonchev–Trinajstić information content (AvgIpc) is 3.24. The maximum Gasteiger partial charge on any atom is 0.307 e. The fourth-order valence-corrected chi connectivity index (χ4v) is 4.49. The monoisotopic (exact) mass is 346 g/mol. The van der Waals surface area contributed by atoms with Crippen LogP contribution in [0.25, 0.3) is 0 Å². The van der Waals surface area contributed by atoms with Gasteiger partial charge in [0, 0.05) is 0 Å². The molecular formula is C18H22N2O5. The van der Waals surface area contributed by atoms with Crippen molar-refractivity contribution >= 4 is 17.8 Å². The summed E-state index contributed by atoms with van der Waals surface area (Å²) in [7, 11) is 0. The van der Waals surface area contributed by atoms with E-state index in [9.17, 15) is 19.5 Å². The lowest BCUT2D eigenvalue weighted by Crippen LogP contribution is -2.48. The Morgan fingerprint density at radius 2 is 1.76 bits per heavy atom. The lowest BCUT2D eigenvalue weighted by Gasteiger charge is -2.26. The molecule has 0 aliphatic heterocycles. The number of nitrogens with one attached hydrogen (secondary N) is 2. The van der Waals surface area contributed by atoms with Gasteiger partial charge in [-0.3, -0.25) is 25.2 Å². The lowest BCUT2D eigenvalue weighted by atomic mass is 9.79. The lowest BCUT2D eigenvalue weighted by molar-refractivity contribution is -0.149. The number of rotatable bonds is 3. The van der Waals surface area contributed by atoms with Crippen molar-refractivity contribution in [3.63, 3.8) is 0 Å². The number of carbonyl (C=O) groups is 3. The zero-order valence-electron chi connectivity index (χ0n) is 14.5.